The van der Waals surface area contributed by atoms with Crippen LogP contribution in [0.3, 0.4) is 0 Å². The minimum Gasteiger partial charge on any atom is -0.504 e. The van der Waals surface area contributed by atoms with Crippen LogP contribution in [0.25, 0.3) is 0 Å². The molecule has 134 valence electrons. The molecule has 0 aliphatic rings. The zero-order valence-corrected chi connectivity index (χ0v) is 16.5. The van der Waals surface area contributed by atoms with Crippen molar-refractivity contribution in [3.63, 3.8) is 0 Å². The Bertz CT molecular complexity index is 808. The van der Waals surface area contributed by atoms with E-state index in [0.717, 1.165) is 23.1 Å². The highest BCUT2D eigenvalue weighted by Crippen LogP contribution is 2.42. The van der Waals surface area contributed by atoms with Crippen molar-refractivity contribution in [3.8, 4) is 11.6 Å². The molecular weight excluding hydrogens is 372 g/mol. The maximum atomic E-state index is 12.7. The van der Waals surface area contributed by atoms with Crippen LogP contribution in [0.4, 0.5) is 11.5 Å². The fourth-order valence-electron chi connectivity index (χ4n) is 1.71. The summed E-state index contributed by atoms with van der Waals surface area (Å²) < 4.78 is 39.8. The summed E-state index contributed by atoms with van der Waals surface area (Å²) in [6.07, 6.45) is 0. The number of hydrogen-bond acceptors (Lipinski definition) is 9. The molecule has 2 rings (SSSR count). The number of rotatable bonds is 6. The predicted molar refractivity (Wildman–Crippen MR) is 95.0 cm³/mol. The van der Waals surface area contributed by atoms with Gasteiger partial charge in [0.1, 0.15) is 0 Å². The van der Waals surface area contributed by atoms with Crippen LogP contribution in [0, 0.1) is 0 Å². The lowest BCUT2D eigenvalue weighted by atomic mass is 10.1. The predicted octanol–water partition coefficient (Wildman–Crippen LogP) is 2.87. The van der Waals surface area contributed by atoms with Gasteiger partial charge in [-0.2, -0.15) is 8.68 Å². The first-order chi connectivity index (χ1) is 11.1. The Kier molecular flexibility index (Phi) is 5.37. The van der Waals surface area contributed by atoms with Gasteiger partial charge in [-0.15, -0.1) is 15.7 Å². The molecule has 0 aliphatic heterocycles. The van der Waals surface area contributed by atoms with E-state index in [-0.39, 0.29) is 15.6 Å². The minimum absolute atomic E-state index is 0.122. The highest BCUT2D eigenvalue weighted by atomic mass is 32.2. The van der Waals surface area contributed by atoms with Crippen molar-refractivity contribution in [3.05, 3.63) is 5.38 Å². The molecule has 2 aromatic heterocycles. The molecule has 2 heterocycles. The van der Waals surface area contributed by atoms with Gasteiger partial charge in [-0.3, -0.25) is 0 Å². The van der Waals surface area contributed by atoms with E-state index in [0.29, 0.717) is 18.3 Å². The molecule has 0 bridgehead atoms. The maximum absolute atomic E-state index is 12.7. The van der Waals surface area contributed by atoms with Crippen LogP contribution >= 0.6 is 23.1 Å². The number of thiophene rings is 1. The zero-order chi connectivity index (χ0) is 18.1. The molecule has 0 saturated heterocycles. The lowest BCUT2D eigenvalue weighted by Crippen LogP contribution is -2.42. The highest BCUT2D eigenvalue weighted by molar-refractivity contribution is 7.91. The lowest BCUT2D eigenvalue weighted by molar-refractivity contribution is 0.291. The quantitative estimate of drug-likeness (QED) is 0.779. The Balaban J connectivity index is 2.33. The van der Waals surface area contributed by atoms with Crippen LogP contribution in [0.2, 0.25) is 0 Å². The molecule has 0 atom stereocenters. The average Bonchev–Trinajstić information content (AvgIpc) is 3.06. The third-order valence-corrected chi connectivity index (χ3v) is 7.39. The zero-order valence-electron chi connectivity index (χ0n) is 14.0. The molecule has 0 amide bonds. The molecule has 24 heavy (non-hydrogen) atoms. The Morgan fingerprint density at radius 2 is 2.04 bits per heavy atom. The normalized spacial score (nSPS) is 12.6. The second-order valence-electron chi connectivity index (χ2n) is 5.90. The number of aromatic nitrogens is 2. The molecule has 0 spiro atoms. The van der Waals surface area contributed by atoms with Gasteiger partial charge >= 0.3 is 0 Å². The van der Waals surface area contributed by atoms with Crippen molar-refractivity contribution >= 4 is 44.6 Å². The van der Waals surface area contributed by atoms with Gasteiger partial charge in [0.25, 0.3) is 15.9 Å². The molecule has 0 saturated carbocycles. The van der Waals surface area contributed by atoms with E-state index in [1.807, 2.05) is 6.92 Å². The molecule has 11 heteroatoms. The minimum atomic E-state index is -3.81. The summed E-state index contributed by atoms with van der Waals surface area (Å²) in [4.78, 5) is 0. The summed E-state index contributed by atoms with van der Waals surface area (Å²) in [5.41, 5.74) is -0.362. The number of nitrogens with one attached hydrogen (secondary N) is 1. The molecule has 0 unspecified atom stereocenters. The molecule has 0 aromatic carbocycles. The van der Waals surface area contributed by atoms with Crippen molar-refractivity contribution in [2.45, 2.75) is 37.4 Å². The molecule has 0 fully saturated rings. The monoisotopic (exact) mass is 392 g/mol. The van der Waals surface area contributed by atoms with E-state index in [2.05, 4.69) is 14.1 Å². The Morgan fingerprint density at radius 3 is 2.62 bits per heavy atom. The van der Waals surface area contributed by atoms with Crippen LogP contribution < -0.4 is 10.1 Å². The standard InChI is InChI=1S/C13H20N4O4S3/c1-6-21-11-10(15-23-16-11)14-8-7-22-12(9(8)18)24(19,20)17(5)13(2,3)4/h7,18H,6H2,1-5H3,(H,14,15). The first-order valence-corrected chi connectivity index (χ1v) is 10.2. The van der Waals surface area contributed by atoms with E-state index in [4.69, 9.17) is 4.74 Å². The number of sulfonamides is 1. The van der Waals surface area contributed by atoms with Gasteiger partial charge in [0.15, 0.2) is 9.96 Å². The summed E-state index contributed by atoms with van der Waals surface area (Å²) in [7, 11) is -2.32. The van der Waals surface area contributed by atoms with Crippen LogP contribution in [0.1, 0.15) is 27.7 Å². The number of anilines is 2. The molecule has 8 nitrogen and oxygen atoms in total. The van der Waals surface area contributed by atoms with E-state index >= 15 is 0 Å². The van der Waals surface area contributed by atoms with Crippen LogP contribution in [-0.4, -0.2) is 45.8 Å². The summed E-state index contributed by atoms with van der Waals surface area (Å²) in [5.74, 6) is 0.305. The first kappa shape index (κ1) is 18.9. The van der Waals surface area contributed by atoms with E-state index in [1.54, 1.807) is 20.8 Å². The smallest absolute Gasteiger partial charge is 0.271 e. The maximum Gasteiger partial charge on any atom is 0.271 e. The van der Waals surface area contributed by atoms with Crippen molar-refractivity contribution in [2.24, 2.45) is 0 Å². The van der Waals surface area contributed by atoms with Gasteiger partial charge in [0.2, 0.25) is 5.82 Å². The van der Waals surface area contributed by atoms with Crippen LogP contribution in [0.15, 0.2) is 9.59 Å². The molecule has 2 aromatic rings. The number of ether oxygens (including phenoxy) is 1. The van der Waals surface area contributed by atoms with E-state index < -0.39 is 15.6 Å². The molecular formula is C13H20N4O4S3. The van der Waals surface area contributed by atoms with Crippen LogP contribution in [-0.2, 0) is 10.0 Å². The fraction of sp³-hybridized carbons (Fsp3) is 0.538. The molecule has 0 radical (unpaired) electrons. The third kappa shape index (κ3) is 3.63. The summed E-state index contributed by atoms with van der Waals surface area (Å²) in [6, 6.07) is 0. The van der Waals surface area contributed by atoms with Crippen molar-refractivity contribution in [1.82, 2.24) is 13.1 Å². The Morgan fingerprint density at radius 1 is 1.38 bits per heavy atom. The van der Waals surface area contributed by atoms with E-state index in [9.17, 15) is 13.5 Å². The van der Waals surface area contributed by atoms with E-state index in [1.165, 1.54) is 16.7 Å². The van der Waals surface area contributed by atoms with Crippen molar-refractivity contribution in [1.29, 1.82) is 0 Å². The summed E-state index contributed by atoms with van der Waals surface area (Å²) >= 11 is 1.90. The topological polar surface area (TPSA) is 105 Å². The van der Waals surface area contributed by atoms with Gasteiger partial charge < -0.3 is 15.2 Å². The average molecular weight is 393 g/mol. The molecule has 2 N–H and O–H groups in total. The largest absolute Gasteiger partial charge is 0.504 e. The number of hydrogen-bond donors (Lipinski definition) is 2. The number of nitrogens with zero attached hydrogens (tertiary/aromatic N) is 3. The number of aromatic hydroxyl groups is 1. The van der Waals surface area contributed by atoms with Gasteiger partial charge in [0, 0.05) is 18.0 Å². The highest BCUT2D eigenvalue weighted by Gasteiger charge is 2.34. The Labute approximate surface area is 149 Å². The van der Waals surface area contributed by atoms with Crippen molar-refractivity contribution < 1.29 is 18.3 Å². The first-order valence-electron chi connectivity index (χ1n) is 7.11. The second kappa shape index (κ2) is 6.82. The summed E-state index contributed by atoms with van der Waals surface area (Å²) in [5, 5.41) is 14.7. The van der Waals surface area contributed by atoms with Crippen LogP contribution in [0.5, 0.6) is 11.6 Å². The van der Waals surface area contributed by atoms with Crippen molar-refractivity contribution in [2.75, 3.05) is 19.0 Å². The Hall–Kier alpha value is -1.43. The SMILES string of the molecule is CCOc1nsnc1Nc1csc(S(=O)(=O)N(C)C(C)(C)C)c1O. The lowest BCUT2D eigenvalue weighted by Gasteiger charge is -2.30. The van der Waals surface area contributed by atoms with Gasteiger partial charge in [-0.1, -0.05) is 0 Å². The second-order valence-corrected chi connectivity index (χ2v) is 9.48. The third-order valence-electron chi connectivity index (χ3n) is 3.26. The van der Waals surface area contributed by atoms with Gasteiger partial charge in [-0.25, -0.2) is 8.42 Å². The summed E-state index contributed by atoms with van der Waals surface area (Å²) in [6.45, 7) is 7.58. The fourth-order valence-corrected chi connectivity index (χ4v) is 5.07. The van der Waals surface area contributed by atoms with Gasteiger partial charge in [-0.05, 0) is 27.7 Å². The van der Waals surface area contributed by atoms with Gasteiger partial charge in [0.05, 0.1) is 24.0 Å². The molecule has 0 aliphatic carbocycles.